The summed E-state index contributed by atoms with van der Waals surface area (Å²) in [5.74, 6) is 0.553. The highest BCUT2D eigenvalue weighted by Crippen LogP contribution is 2.29. The van der Waals surface area contributed by atoms with Gasteiger partial charge in [0.25, 0.3) is 0 Å². The van der Waals surface area contributed by atoms with Crippen molar-refractivity contribution in [3.63, 3.8) is 0 Å². The standard InChI is InChI=1S/C15H11FN2O/c16-13-7-6-11(14-9-15(17)18-19-14)8-12(13)10-4-2-1-3-5-10/h1-9H,(H2,17,18). The van der Waals surface area contributed by atoms with E-state index in [1.54, 1.807) is 18.2 Å². The van der Waals surface area contributed by atoms with Crippen LogP contribution in [0.2, 0.25) is 0 Å². The number of rotatable bonds is 2. The zero-order chi connectivity index (χ0) is 13.2. The third kappa shape index (κ3) is 2.20. The van der Waals surface area contributed by atoms with Crippen LogP contribution in [0.3, 0.4) is 0 Å². The Labute approximate surface area is 109 Å². The Morgan fingerprint density at radius 3 is 2.42 bits per heavy atom. The molecule has 0 saturated heterocycles. The van der Waals surface area contributed by atoms with Crippen molar-refractivity contribution in [1.82, 2.24) is 5.16 Å². The molecule has 0 radical (unpaired) electrons. The zero-order valence-corrected chi connectivity index (χ0v) is 10.0. The minimum Gasteiger partial charge on any atom is -0.381 e. The van der Waals surface area contributed by atoms with Crippen molar-refractivity contribution in [3.8, 4) is 22.5 Å². The highest BCUT2D eigenvalue weighted by molar-refractivity contribution is 5.71. The Balaban J connectivity index is 2.11. The van der Waals surface area contributed by atoms with E-state index >= 15 is 0 Å². The van der Waals surface area contributed by atoms with Crippen molar-refractivity contribution in [2.75, 3.05) is 5.73 Å². The van der Waals surface area contributed by atoms with Gasteiger partial charge in [-0.05, 0) is 23.8 Å². The topological polar surface area (TPSA) is 52.0 Å². The van der Waals surface area contributed by atoms with Gasteiger partial charge in [-0.3, -0.25) is 0 Å². The van der Waals surface area contributed by atoms with Gasteiger partial charge in [0.05, 0.1) is 0 Å². The van der Waals surface area contributed by atoms with Crippen LogP contribution in [0.25, 0.3) is 22.5 Å². The molecule has 3 aromatic rings. The van der Waals surface area contributed by atoms with E-state index in [1.165, 1.54) is 6.07 Å². The molecular weight excluding hydrogens is 243 g/mol. The number of nitrogens with two attached hydrogens (primary N) is 1. The first-order chi connectivity index (χ1) is 9.24. The van der Waals surface area contributed by atoms with Crippen LogP contribution in [-0.2, 0) is 0 Å². The molecule has 0 aliphatic rings. The summed E-state index contributed by atoms with van der Waals surface area (Å²) in [6, 6.07) is 15.7. The molecule has 1 heterocycles. The molecule has 0 bridgehead atoms. The van der Waals surface area contributed by atoms with Gasteiger partial charge in [-0.2, -0.15) is 0 Å². The van der Waals surface area contributed by atoms with E-state index in [4.69, 9.17) is 10.3 Å². The molecule has 0 unspecified atom stereocenters. The van der Waals surface area contributed by atoms with E-state index in [9.17, 15) is 4.39 Å². The van der Waals surface area contributed by atoms with E-state index in [-0.39, 0.29) is 5.82 Å². The number of benzene rings is 2. The number of aromatic nitrogens is 1. The lowest BCUT2D eigenvalue weighted by Crippen LogP contribution is -1.85. The maximum Gasteiger partial charge on any atom is 0.169 e. The van der Waals surface area contributed by atoms with Gasteiger partial charge in [0.2, 0.25) is 0 Å². The summed E-state index contributed by atoms with van der Waals surface area (Å²) in [4.78, 5) is 0. The van der Waals surface area contributed by atoms with Crippen molar-refractivity contribution in [2.45, 2.75) is 0 Å². The molecule has 0 amide bonds. The molecule has 4 heteroatoms. The van der Waals surface area contributed by atoms with Crippen molar-refractivity contribution < 1.29 is 8.91 Å². The third-order valence-electron chi connectivity index (χ3n) is 2.86. The van der Waals surface area contributed by atoms with Crippen LogP contribution < -0.4 is 5.73 Å². The molecule has 94 valence electrons. The molecule has 3 nitrogen and oxygen atoms in total. The Hall–Kier alpha value is -2.62. The third-order valence-corrected chi connectivity index (χ3v) is 2.86. The number of anilines is 1. The quantitative estimate of drug-likeness (QED) is 0.758. The molecule has 0 atom stereocenters. The molecule has 0 spiro atoms. The van der Waals surface area contributed by atoms with Crippen molar-refractivity contribution in [1.29, 1.82) is 0 Å². The second kappa shape index (κ2) is 4.57. The minimum absolute atomic E-state index is 0.276. The lowest BCUT2D eigenvalue weighted by Gasteiger charge is -2.05. The van der Waals surface area contributed by atoms with Crippen molar-refractivity contribution >= 4 is 5.82 Å². The summed E-state index contributed by atoms with van der Waals surface area (Å²) < 4.78 is 19.0. The van der Waals surface area contributed by atoms with Gasteiger partial charge in [-0.1, -0.05) is 35.5 Å². The Morgan fingerprint density at radius 1 is 0.947 bits per heavy atom. The number of halogens is 1. The van der Waals surface area contributed by atoms with E-state index in [2.05, 4.69) is 5.16 Å². The van der Waals surface area contributed by atoms with Gasteiger partial charge >= 0.3 is 0 Å². The molecule has 0 aliphatic carbocycles. The lowest BCUT2D eigenvalue weighted by molar-refractivity contribution is 0.436. The monoisotopic (exact) mass is 254 g/mol. The number of nitrogen functional groups attached to an aromatic ring is 1. The van der Waals surface area contributed by atoms with Crippen LogP contribution in [-0.4, -0.2) is 5.16 Å². The van der Waals surface area contributed by atoms with Crippen LogP contribution in [0, 0.1) is 5.82 Å². The molecule has 2 N–H and O–H groups in total. The molecule has 0 saturated carbocycles. The summed E-state index contributed by atoms with van der Waals surface area (Å²) in [6.07, 6.45) is 0. The number of nitrogens with zero attached hydrogens (tertiary/aromatic N) is 1. The maximum absolute atomic E-state index is 13.9. The average molecular weight is 254 g/mol. The predicted molar refractivity (Wildman–Crippen MR) is 71.7 cm³/mol. The van der Waals surface area contributed by atoms with Crippen LogP contribution in [0.1, 0.15) is 0 Å². The van der Waals surface area contributed by atoms with E-state index in [0.29, 0.717) is 17.1 Å². The Kier molecular flexibility index (Phi) is 2.76. The van der Waals surface area contributed by atoms with Crippen LogP contribution in [0.5, 0.6) is 0 Å². The first kappa shape index (κ1) is 11.5. The van der Waals surface area contributed by atoms with Crippen molar-refractivity contribution in [3.05, 3.63) is 60.4 Å². The minimum atomic E-state index is -0.276. The van der Waals surface area contributed by atoms with Gasteiger partial charge in [-0.15, -0.1) is 0 Å². The largest absolute Gasteiger partial charge is 0.381 e. The van der Waals surface area contributed by atoms with Crippen LogP contribution >= 0.6 is 0 Å². The summed E-state index contributed by atoms with van der Waals surface area (Å²) >= 11 is 0. The van der Waals surface area contributed by atoms with Gasteiger partial charge in [0.15, 0.2) is 11.6 Å². The first-order valence-corrected chi connectivity index (χ1v) is 5.81. The maximum atomic E-state index is 13.9. The summed E-state index contributed by atoms with van der Waals surface area (Å²) in [5, 5.41) is 3.63. The fourth-order valence-electron chi connectivity index (χ4n) is 1.94. The average Bonchev–Trinajstić information content (AvgIpc) is 2.87. The second-order valence-corrected chi connectivity index (χ2v) is 4.18. The highest BCUT2D eigenvalue weighted by Gasteiger charge is 2.10. The van der Waals surface area contributed by atoms with Gasteiger partial charge < -0.3 is 10.3 Å². The summed E-state index contributed by atoms with van der Waals surface area (Å²) in [7, 11) is 0. The highest BCUT2D eigenvalue weighted by atomic mass is 19.1. The second-order valence-electron chi connectivity index (χ2n) is 4.18. The van der Waals surface area contributed by atoms with Crippen LogP contribution in [0.15, 0.2) is 59.1 Å². The normalized spacial score (nSPS) is 10.6. The molecule has 0 fully saturated rings. The fraction of sp³-hybridized carbons (Fsp3) is 0. The molecule has 3 rings (SSSR count). The molecule has 2 aromatic carbocycles. The first-order valence-electron chi connectivity index (χ1n) is 5.81. The van der Waals surface area contributed by atoms with Gasteiger partial charge in [-0.25, -0.2) is 4.39 Å². The van der Waals surface area contributed by atoms with Crippen molar-refractivity contribution in [2.24, 2.45) is 0 Å². The molecular formula is C15H11FN2O. The lowest BCUT2D eigenvalue weighted by atomic mass is 10.0. The number of hydrogen-bond donors (Lipinski definition) is 1. The smallest absolute Gasteiger partial charge is 0.169 e. The zero-order valence-electron chi connectivity index (χ0n) is 10.0. The Bertz CT molecular complexity index is 707. The Morgan fingerprint density at radius 2 is 1.74 bits per heavy atom. The van der Waals surface area contributed by atoms with Gasteiger partial charge in [0, 0.05) is 17.2 Å². The SMILES string of the molecule is Nc1cc(-c2ccc(F)c(-c3ccccc3)c2)on1. The fourth-order valence-corrected chi connectivity index (χ4v) is 1.94. The van der Waals surface area contributed by atoms with E-state index in [0.717, 1.165) is 11.1 Å². The summed E-state index contributed by atoms with van der Waals surface area (Å²) in [6.45, 7) is 0. The van der Waals surface area contributed by atoms with Gasteiger partial charge in [0.1, 0.15) is 5.82 Å². The predicted octanol–water partition coefficient (Wildman–Crippen LogP) is 3.73. The van der Waals surface area contributed by atoms with Crippen LogP contribution in [0.4, 0.5) is 10.2 Å². The number of hydrogen-bond acceptors (Lipinski definition) is 3. The van der Waals surface area contributed by atoms with E-state index < -0.39 is 0 Å². The molecule has 19 heavy (non-hydrogen) atoms. The van der Waals surface area contributed by atoms with E-state index in [1.807, 2.05) is 30.3 Å². The molecule has 0 aliphatic heterocycles. The summed E-state index contributed by atoms with van der Waals surface area (Å²) in [5.41, 5.74) is 7.59. The molecule has 1 aromatic heterocycles.